The quantitative estimate of drug-likeness (QED) is 0.226. The Hall–Kier alpha value is -3.70. The van der Waals surface area contributed by atoms with E-state index in [9.17, 15) is 33.9 Å². The highest BCUT2D eigenvalue weighted by atomic mass is 16.7. The number of allylic oxidation sites excluding steroid dienone is 3. The van der Waals surface area contributed by atoms with Crippen molar-refractivity contribution < 1.29 is 76.5 Å². The summed E-state index contributed by atoms with van der Waals surface area (Å²) in [5, 5.41) is 11.8. The van der Waals surface area contributed by atoms with Gasteiger partial charge in [0.2, 0.25) is 6.29 Å². The number of hydrogen-bond donors (Lipinski definition) is 1. The molecule has 61 heavy (non-hydrogen) atoms. The Labute approximate surface area is 356 Å². The Morgan fingerprint density at radius 3 is 2.02 bits per heavy atom. The number of carbonyl (C=O) groups is 6. The van der Waals surface area contributed by atoms with Gasteiger partial charge in [-0.3, -0.25) is 28.8 Å². The summed E-state index contributed by atoms with van der Waals surface area (Å²) < 4.78 is 53.9. The summed E-state index contributed by atoms with van der Waals surface area (Å²) in [7, 11) is 0. The van der Waals surface area contributed by atoms with E-state index in [2.05, 4.69) is 19.9 Å². The Morgan fingerprint density at radius 2 is 1.41 bits per heavy atom. The molecule has 0 aromatic heterocycles. The van der Waals surface area contributed by atoms with E-state index in [0.29, 0.717) is 12.8 Å². The molecule has 3 heterocycles. The van der Waals surface area contributed by atoms with Crippen LogP contribution in [-0.4, -0.2) is 114 Å². The van der Waals surface area contributed by atoms with E-state index in [1.54, 1.807) is 13.8 Å². The van der Waals surface area contributed by atoms with Gasteiger partial charge in [-0.2, -0.15) is 0 Å². The van der Waals surface area contributed by atoms with Gasteiger partial charge in [0.15, 0.2) is 36.0 Å². The van der Waals surface area contributed by atoms with Gasteiger partial charge in [-0.1, -0.05) is 39.3 Å². The van der Waals surface area contributed by atoms with Crippen LogP contribution in [0.5, 0.6) is 0 Å². The predicted molar refractivity (Wildman–Crippen MR) is 210 cm³/mol. The fourth-order valence-electron chi connectivity index (χ4n) is 12.2. The molecule has 0 aromatic carbocycles. The Kier molecular flexibility index (Phi) is 12.5. The monoisotopic (exact) mass is 858 g/mol. The van der Waals surface area contributed by atoms with E-state index in [-0.39, 0.29) is 47.4 Å². The van der Waals surface area contributed by atoms with Crippen LogP contribution in [0.3, 0.4) is 0 Å². The number of hydrogen-bond acceptors (Lipinski definition) is 16. The number of fused-ring (bicyclic) bond motifs is 8. The molecule has 16 heteroatoms. The van der Waals surface area contributed by atoms with Gasteiger partial charge in [0.25, 0.3) is 0 Å². The van der Waals surface area contributed by atoms with Gasteiger partial charge < -0.3 is 47.7 Å². The summed E-state index contributed by atoms with van der Waals surface area (Å²) >= 11 is 0. The zero-order valence-electron chi connectivity index (χ0n) is 36.9. The molecule has 7 aliphatic rings. The smallest absolute Gasteiger partial charge is 0.304 e. The number of Topliss-reactive ketones (excluding diaryl/α,β-unsaturated/α-hetero) is 1. The number of ketones is 1. The number of rotatable bonds is 11. The minimum Gasteiger partial charge on any atom is -0.463 e. The molecule has 4 aliphatic carbocycles. The molecular weight excluding hydrogens is 796 g/mol. The summed E-state index contributed by atoms with van der Waals surface area (Å²) in [6.45, 7) is 15.3. The van der Waals surface area contributed by atoms with Gasteiger partial charge in [-0.25, -0.2) is 0 Å². The van der Waals surface area contributed by atoms with Crippen molar-refractivity contribution in [2.75, 3.05) is 6.61 Å². The van der Waals surface area contributed by atoms with Crippen molar-refractivity contribution in [3.05, 3.63) is 22.8 Å². The Bertz CT molecular complexity index is 1870. The lowest BCUT2D eigenvalue weighted by atomic mass is 9.51. The summed E-state index contributed by atoms with van der Waals surface area (Å²) in [6, 6.07) is 0. The largest absolute Gasteiger partial charge is 0.463 e. The summed E-state index contributed by atoms with van der Waals surface area (Å²) in [6.07, 6.45) is -1.71. The molecular formula is C45H62O16. The number of esters is 5. The highest BCUT2D eigenvalue weighted by Gasteiger charge is 2.70. The lowest BCUT2D eigenvalue weighted by Gasteiger charge is -2.54. The first-order chi connectivity index (χ1) is 28.6. The number of aliphatic hydroxyl groups is 1. The molecule has 338 valence electrons. The molecule has 4 fully saturated rings. The van der Waals surface area contributed by atoms with E-state index in [1.807, 2.05) is 0 Å². The van der Waals surface area contributed by atoms with E-state index in [1.165, 1.54) is 58.3 Å². The fourth-order valence-corrected chi connectivity index (χ4v) is 12.2. The third-order valence-corrected chi connectivity index (χ3v) is 14.9. The average Bonchev–Trinajstić information content (AvgIpc) is 3.79. The van der Waals surface area contributed by atoms with Crippen LogP contribution in [0, 0.1) is 34.5 Å². The first-order valence-electron chi connectivity index (χ1n) is 21.7. The van der Waals surface area contributed by atoms with E-state index >= 15 is 0 Å². The first kappa shape index (κ1) is 45.3. The van der Waals surface area contributed by atoms with Gasteiger partial charge in [0.05, 0.1) is 24.2 Å². The van der Waals surface area contributed by atoms with Crippen LogP contribution < -0.4 is 0 Å². The van der Waals surface area contributed by atoms with E-state index in [0.717, 1.165) is 32.1 Å². The van der Waals surface area contributed by atoms with Crippen molar-refractivity contribution in [2.45, 2.75) is 181 Å². The van der Waals surface area contributed by atoms with Gasteiger partial charge in [0, 0.05) is 40.5 Å². The van der Waals surface area contributed by atoms with Crippen LogP contribution >= 0.6 is 0 Å². The van der Waals surface area contributed by atoms with Crippen molar-refractivity contribution in [2.24, 2.45) is 34.5 Å². The zero-order valence-corrected chi connectivity index (χ0v) is 36.9. The predicted octanol–water partition coefficient (Wildman–Crippen LogP) is 4.36. The Morgan fingerprint density at radius 1 is 0.770 bits per heavy atom. The van der Waals surface area contributed by atoms with Crippen LogP contribution in [-0.2, 0) is 71.4 Å². The van der Waals surface area contributed by atoms with Crippen LogP contribution in [0.1, 0.15) is 114 Å². The van der Waals surface area contributed by atoms with Gasteiger partial charge >= 0.3 is 29.8 Å². The van der Waals surface area contributed by atoms with Crippen LogP contribution in [0.2, 0.25) is 0 Å². The van der Waals surface area contributed by atoms with Crippen molar-refractivity contribution >= 4 is 35.6 Å². The summed E-state index contributed by atoms with van der Waals surface area (Å²) in [5.74, 6) is -4.35. The maximum atomic E-state index is 13.0. The van der Waals surface area contributed by atoms with Crippen LogP contribution in [0.4, 0.5) is 0 Å². The number of carbonyl (C=O) groups excluding carboxylic acids is 6. The van der Waals surface area contributed by atoms with Crippen molar-refractivity contribution in [1.82, 2.24) is 0 Å². The standard InChI is InChI=1S/C45H62O16/c1-20(2)45(52,21(3)46)40-37-34(41(61-40)57-26(8)51)35-32(59-37)18-31-29-12-11-27-17-28(13-15-43(27,9)30(29)14-16-44(31,35)10)58-42-39(56-25(7)50)38(55-24(6)49)36(54-23(5)48)33(60-42)19-53-22(4)47/h18,20,27-28,32-42,52H,11-17,19H2,1-10H3/t27-,28-,32-,33-,34+,35+,36-,37-,38+,39-,40+,41+,42-,43-,44+,45+/m0/s1. The lowest BCUT2D eigenvalue weighted by molar-refractivity contribution is -0.320. The second-order valence-corrected chi connectivity index (χ2v) is 18.9. The highest BCUT2D eigenvalue weighted by Crippen LogP contribution is 2.67. The minimum absolute atomic E-state index is 0.101. The third kappa shape index (κ3) is 7.97. The van der Waals surface area contributed by atoms with Crippen LogP contribution in [0.25, 0.3) is 0 Å². The molecule has 0 unspecified atom stereocenters. The fraction of sp³-hybridized carbons (Fsp3) is 0.778. The van der Waals surface area contributed by atoms with Gasteiger partial charge in [-0.05, 0) is 85.7 Å². The molecule has 16 atom stereocenters. The van der Waals surface area contributed by atoms with E-state index < -0.39 is 96.4 Å². The van der Waals surface area contributed by atoms with Crippen molar-refractivity contribution in [3.63, 3.8) is 0 Å². The summed E-state index contributed by atoms with van der Waals surface area (Å²) in [5.41, 5.74) is 1.74. The molecule has 7 rings (SSSR count). The third-order valence-electron chi connectivity index (χ3n) is 14.9. The van der Waals surface area contributed by atoms with Crippen LogP contribution in [0.15, 0.2) is 22.8 Å². The second kappa shape index (κ2) is 16.8. The molecule has 3 saturated heterocycles. The van der Waals surface area contributed by atoms with E-state index in [4.69, 9.17) is 42.6 Å². The molecule has 1 saturated carbocycles. The molecule has 0 bridgehead atoms. The lowest BCUT2D eigenvalue weighted by Crippen LogP contribution is -2.63. The SMILES string of the molecule is CC(=O)OC[C@@H]1O[C@H](O[C@H]2CC[C@]3(C)C4=C(CC[C@H]3C2)C2=C[C@@H]3O[C@H]5[C@H]([C@H](OC(C)=O)O[C@H]5[C@](O)(C(C)=O)C(C)C)[C@@H]3[C@]2(C)CC4)[C@@H](OC(C)=O)[C@H](OC(C)=O)[C@H]1OC(C)=O. The molecule has 0 amide bonds. The molecule has 0 spiro atoms. The second-order valence-electron chi connectivity index (χ2n) is 18.9. The minimum atomic E-state index is -1.83. The topological polar surface area (TPSA) is 206 Å². The molecule has 3 aliphatic heterocycles. The van der Waals surface area contributed by atoms with Gasteiger partial charge in [-0.15, -0.1) is 0 Å². The molecule has 16 nitrogen and oxygen atoms in total. The maximum absolute atomic E-state index is 13.0. The summed E-state index contributed by atoms with van der Waals surface area (Å²) in [4.78, 5) is 74.2. The van der Waals surface area contributed by atoms with Crippen molar-refractivity contribution in [3.8, 4) is 0 Å². The van der Waals surface area contributed by atoms with Crippen molar-refractivity contribution in [1.29, 1.82) is 0 Å². The molecule has 0 aromatic rings. The number of ether oxygens (including phenoxy) is 9. The zero-order chi connectivity index (χ0) is 44.5. The molecule has 1 N–H and O–H groups in total. The normalized spacial score (nSPS) is 40.9. The average molecular weight is 859 g/mol. The Balaban J connectivity index is 1.13. The highest BCUT2D eigenvalue weighted by molar-refractivity contribution is 5.86. The molecule has 0 radical (unpaired) electrons. The maximum Gasteiger partial charge on any atom is 0.304 e. The first-order valence-corrected chi connectivity index (χ1v) is 21.7. The van der Waals surface area contributed by atoms with Gasteiger partial charge in [0.1, 0.15) is 18.8 Å².